The molecule has 0 unspecified atom stereocenters. The number of nitrogens with zero attached hydrogens (tertiary/aromatic N) is 1. The number of methoxy groups -OCH3 is 1. The fraction of sp³-hybridized carbons (Fsp3) is 0.529. The standard InChI is InChI=1S/C17H24N2O7S2/c1-3-26-17(21)12-27-11-16(20)18-13-4-5-14(24-2)15(10-13)28(22,23)19-6-8-25-9-7-19/h4-5,10H,3,6-9,11-12H2,1-2H3,(H,18,20). The van der Waals surface area contributed by atoms with Crippen molar-refractivity contribution in [2.24, 2.45) is 0 Å². The van der Waals surface area contributed by atoms with Gasteiger partial charge in [0, 0.05) is 18.8 Å². The molecule has 1 aromatic rings. The Balaban J connectivity index is 2.07. The summed E-state index contributed by atoms with van der Waals surface area (Å²) in [6.07, 6.45) is 0. The number of thioether (sulfide) groups is 1. The van der Waals surface area contributed by atoms with Crippen LogP contribution in [0.25, 0.3) is 0 Å². The van der Waals surface area contributed by atoms with Crippen molar-refractivity contribution in [3.8, 4) is 5.75 Å². The second kappa shape index (κ2) is 10.6. The van der Waals surface area contributed by atoms with Crippen LogP contribution in [0.5, 0.6) is 5.75 Å². The molecule has 11 heteroatoms. The Kier molecular flexibility index (Phi) is 8.55. The highest BCUT2D eigenvalue weighted by molar-refractivity contribution is 8.00. The van der Waals surface area contributed by atoms with Gasteiger partial charge in [-0.2, -0.15) is 4.31 Å². The lowest BCUT2D eigenvalue weighted by molar-refractivity contribution is -0.139. The number of morpholine rings is 1. The molecule has 0 bridgehead atoms. The number of sulfonamides is 1. The highest BCUT2D eigenvalue weighted by atomic mass is 32.2. The van der Waals surface area contributed by atoms with Crippen LogP contribution in [0.3, 0.4) is 0 Å². The van der Waals surface area contributed by atoms with Crippen LogP contribution >= 0.6 is 11.8 Å². The molecule has 0 spiro atoms. The Labute approximate surface area is 168 Å². The Hall–Kier alpha value is -1.82. The minimum atomic E-state index is -3.79. The lowest BCUT2D eigenvalue weighted by atomic mass is 10.3. The molecular formula is C17H24N2O7S2. The predicted molar refractivity (Wildman–Crippen MR) is 105 cm³/mol. The molecule has 0 aliphatic carbocycles. The van der Waals surface area contributed by atoms with Gasteiger partial charge in [-0.25, -0.2) is 8.42 Å². The van der Waals surface area contributed by atoms with Gasteiger partial charge in [-0.05, 0) is 25.1 Å². The molecular weight excluding hydrogens is 408 g/mol. The van der Waals surface area contributed by atoms with Gasteiger partial charge in [0.15, 0.2) is 0 Å². The van der Waals surface area contributed by atoms with E-state index in [-0.39, 0.29) is 53.7 Å². The van der Waals surface area contributed by atoms with E-state index < -0.39 is 10.0 Å². The number of amides is 1. The van der Waals surface area contributed by atoms with Crippen LogP contribution in [0.15, 0.2) is 23.1 Å². The zero-order valence-corrected chi connectivity index (χ0v) is 17.4. The van der Waals surface area contributed by atoms with Gasteiger partial charge in [-0.15, -0.1) is 11.8 Å². The summed E-state index contributed by atoms with van der Waals surface area (Å²) in [6, 6.07) is 4.43. The second-order valence-electron chi connectivity index (χ2n) is 5.73. The first-order chi connectivity index (χ1) is 13.4. The lowest BCUT2D eigenvalue weighted by Crippen LogP contribution is -2.40. The summed E-state index contributed by atoms with van der Waals surface area (Å²) in [5, 5.41) is 2.64. The van der Waals surface area contributed by atoms with E-state index in [0.717, 1.165) is 11.8 Å². The lowest BCUT2D eigenvalue weighted by Gasteiger charge is -2.26. The van der Waals surface area contributed by atoms with Crippen LogP contribution < -0.4 is 10.1 Å². The Bertz CT molecular complexity index is 793. The SMILES string of the molecule is CCOC(=O)CSCC(=O)Nc1ccc(OC)c(S(=O)(=O)N2CCOCC2)c1. The third-order valence-corrected chi connectivity index (χ3v) is 6.62. The van der Waals surface area contributed by atoms with Gasteiger partial charge in [0.25, 0.3) is 0 Å². The molecule has 1 heterocycles. The number of carbonyl (C=O) groups excluding carboxylic acids is 2. The third-order valence-electron chi connectivity index (χ3n) is 3.79. The number of carbonyl (C=O) groups is 2. The van der Waals surface area contributed by atoms with E-state index in [1.807, 2.05) is 0 Å². The van der Waals surface area contributed by atoms with Crippen molar-refractivity contribution in [1.29, 1.82) is 0 Å². The Morgan fingerprint density at radius 2 is 1.96 bits per heavy atom. The molecule has 28 heavy (non-hydrogen) atoms. The highest BCUT2D eigenvalue weighted by Crippen LogP contribution is 2.30. The van der Waals surface area contributed by atoms with E-state index in [1.54, 1.807) is 13.0 Å². The first kappa shape index (κ1) is 22.5. The molecule has 1 N–H and O–H groups in total. The third kappa shape index (κ3) is 6.09. The number of nitrogens with one attached hydrogen (secondary N) is 1. The van der Waals surface area contributed by atoms with E-state index in [1.165, 1.54) is 23.5 Å². The molecule has 0 aromatic heterocycles. The van der Waals surface area contributed by atoms with Gasteiger partial charge in [-0.3, -0.25) is 9.59 Å². The first-order valence-corrected chi connectivity index (χ1v) is 11.3. The molecule has 1 aliphatic heterocycles. The zero-order valence-electron chi connectivity index (χ0n) is 15.8. The van der Waals surface area contributed by atoms with E-state index >= 15 is 0 Å². The van der Waals surface area contributed by atoms with Crippen LogP contribution in [0.1, 0.15) is 6.92 Å². The molecule has 1 aliphatic rings. The molecule has 0 radical (unpaired) electrons. The van der Waals surface area contributed by atoms with Gasteiger partial charge in [0.05, 0.1) is 38.4 Å². The van der Waals surface area contributed by atoms with E-state index in [0.29, 0.717) is 18.9 Å². The normalized spacial score (nSPS) is 15.1. The van der Waals surface area contributed by atoms with Crippen LogP contribution in [0.4, 0.5) is 5.69 Å². The molecule has 156 valence electrons. The van der Waals surface area contributed by atoms with Crippen molar-refractivity contribution >= 4 is 39.3 Å². The fourth-order valence-electron chi connectivity index (χ4n) is 2.51. The molecule has 0 saturated carbocycles. The van der Waals surface area contributed by atoms with Crippen molar-refractivity contribution in [2.75, 3.05) is 56.8 Å². The van der Waals surface area contributed by atoms with Gasteiger partial charge >= 0.3 is 5.97 Å². The maximum absolute atomic E-state index is 12.9. The zero-order chi connectivity index (χ0) is 20.6. The van der Waals surface area contributed by atoms with Crippen molar-refractivity contribution in [2.45, 2.75) is 11.8 Å². The maximum Gasteiger partial charge on any atom is 0.315 e. The van der Waals surface area contributed by atoms with Gasteiger partial charge in [-0.1, -0.05) is 0 Å². The number of ether oxygens (including phenoxy) is 3. The summed E-state index contributed by atoms with van der Waals surface area (Å²) in [4.78, 5) is 23.3. The number of anilines is 1. The molecule has 0 atom stereocenters. The summed E-state index contributed by atoms with van der Waals surface area (Å²) in [5.41, 5.74) is 0.328. The second-order valence-corrected chi connectivity index (χ2v) is 8.62. The molecule has 1 amide bonds. The van der Waals surface area contributed by atoms with E-state index in [4.69, 9.17) is 14.2 Å². The van der Waals surface area contributed by atoms with Crippen LogP contribution in [0.2, 0.25) is 0 Å². The number of hydrogen-bond acceptors (Lipinski definition) is 8. The predicted octanol–water partition coefficient (Wildman–Crippen LogP) is 0.951. The van der Waals surface area contributed by atoms with Crippen LogP contribution in [-0.2, 0) is 29.1 Å². The first-order valence-electron chi connectivity index (χ1n) is 8.67. The molecule has 9 nitrogen and oxygen atoms in total. The van der Waals surface area contributed by atoms with Crippen molar-refractivity contribution < 1.29 is 32.2 Å². The summed E-state index contributed by atoms with van der Waals surface area (Å²) in [7, 11) is -2.40. The number of hydrogen-bond donors (Lipinski definition) is 1. The van der Waals surface area contributed by atoms with Crippen molar-refractivity contribution in [3.63, 3.8) is 0 Å². The maximum atomic E-state index is 12.9. The average Bonchev–Trinajstić information content (AvgIpc) is 2.69. The minimum Gasteiger partial charge on any atom is -0.495 e. The number of rotatable bonds is 9. The van der Waals surface area contributed by atoms with Crippen LogP contribution in [-0.4, -0.2) is 76.1 Å². The molecule has 1 saturated heterocycles. The minimum absolute atomic E-state index is 0.0196. The quantitative estimate of drug-likeness (QED) is 0.574. The summed E-state index contributed by atoms with van der Waals surface area (Å²) in [6.45, 7) is 3.17. The molecule has 1 aromatic carbocycles. The highest BCUT2D eigenvalue weighted by Gasteiger charge is 2.29. The summed E-state index contributed by atoms with van der Waals surface area (Å²) < 4.78 is 42.4. The van der Waals surface area contributed by atoms with Crippen molar-refractivity contribution in [3.05, 3.63) is 18.2 Å². The Morgan fingerprint density at radius 1 is 1.25 bits per heavy atom. The fourth-order valence-corrected chi connectivity index (χ4v) is 4.71. The Morgan fingerprint density at radius 3 is 2.61 bits per heavy atom. The summed E-state index contributed by atoms with van der Waals surface area (Å²) >= 11 is 1.12. The summed E-state index contributed by atoms with van der Waals surface area (Å²) in [5.74, 6) is -0.435. The number of benzene rings is 1. The van der Waals surface area contributed by atoms with Crippen LogP contribution in [0, 0.1) is 0 Å². The van der Waals surface area contributed by atoms with Crippen molar-refractivity contribution in [1.82, 2.24) is 4.31 Å². The smallest absolute Gasteiger partial charge is 0.315 e. The average molecular weight is 433 g/mol. The van der Waals surface area contributed by atoms with E-state index in [9.17, 15) is 18.0 Å². The van der Waals surface area contributed by atoms with Gasteiger partial charge in [0.1, 0.15) is 10.6 Å². The molecule has 2 rings (SSSR count). The largest absolute Gasteiger partial charge is 0.495 e. The monoisotopic (exact) mass is 432 g/mol. The molecule has 1 fully saturated rings. The van der Waals surface area contributed by atoms with E-state index in [2.05, 4.69) is 5.32 Å². The number of esters is 1. The topological polar surface area (TPSA) is 111 Å². The van der Waals surface area contributed by atoms with Gasteiger partial charge < -0.3 is 19.5 Å². The van der Waals surface area contributed by atoms with Gasteiger partial charge in [0.2, 0.25) is 15.9 Å².